The summed E-state index contributed by atoms with van der Waals surface area (Å²) in [5, 5.41) is 21.3. The zero-order valence-electron chi connectivity index (χ0n) is 9.81. The molecular formula is C12H17N3O2. The zero-order valence-corrected chi connectivity index (χ0v) is 9.81. The number of hydrogen-bond acceptors (Lipinski definition) is 5. The highest BCUT2D eigenvalue weighted by molar-refractivity contribution is 5.62. The van der Waals surface area contributed by atoms with E-state index in [1.165, 1.54) is 0 Å². The van der Waals surface area contributed by atoms with E-state index in [4.69, 9.17) is 15.7 Å². The van der Waals surface area contributed by atoms with Crippen LogP contribution in [0.1, 0.15) is 12.0 Å². The highest BCUT2D eigenvalue weighted by Gasteiger charge is 2.03. The number of rotatable bonds is 6. The van der Waals surface area contributed by atoms with E-state index in [0.717, 1.165) is 5.69 Å². The topological polar surface area (TPSA) is 91.3 Å². The molecule has 0 amide bonds. The molecule has 1 atom stereocenters. The fraction of sp³-hybridized carbons (Fsp3) is 0.417. The van der Waals surface area contributed by atoms with Gasteiger partial charge in [0.15, 0.2) is 0 Å². The van der Waals surface area contributed by atoms with E-state index < -0.39 is 6.10 Å². The molecule has 0 radical (unpaired) electrons. The van der Waals surface area contributed by atoms with E-state index in [1.807, 2.05) is 6.07 Å². The summed E-state index contributed by atoms with van der Waals surface area (Å²) in [7, 11) is 1.55. The summed E-state index contributed by atoms with van der Waals surface area (Å²) in [5.41, 5.74) is 7.44. The number of nitrogens with one attached hydrogen (secondary N) is 1. The highest BCUT2D eigenvalue weighted by atomic mass is 16.5. The molecule has 0 aliphatic carbocycles. The first-order valence-corrected chi connectivity index (χ1v) is 5.38. The molecule has 1 aromatic carbocycles. The Morgan fingerprint density at radius 2 is 2.35 bits per heavy atom. The van der Waals surface area contributed by atoms with Crippen LogP contribution in [0.25, 0.3) is 0 Å². The summed E-state index contributed by atoms with van der Waals surface area (Å²) in [6.07, 6.45) is 0.122. The Morgan fingerprint density at radius 1 is 1.59 bits per heavy atom. The maximum absolute atomic E-state index is 9.43. The van der Waals surface area contributed by atoms with Crippen molar-refractivity contribution in [2.45, 2.75) is 12.5 Å². The van der Waals surface area contributed by atoms with Crippen LogP contribution in [0.5, 0.6) is 0 Å². The molecule has 0 aliphatic rings. The van der Waals surface area contributed by atoms with Gasteiger partial charge in [-0.1, -0.05) is 0 Å². The first-order valence-electron chi connectivity index (χ1n) is 5.38. The van der Waals surface area contributed by atoms with Gasteiger partial charge in [0.2, 0.25) is 0 Å². The molecule has 0 aromatic heterocycles. The summed E-state index contributed by atoms with van der Waals surface area (Å²) in [6, 6.07) is 7.17. The average molecular weight is 235 g/mol. The molecule has 5 nitrogen and oxygen atoms in total. The van der Waals surface area contributed by atoms with Gasteiger partial charge in [0.1, 0.15) is 6.07 Å². The van der Waals surface area contributed by atoms with Crippen molar-refractivity contribution in [1.82, 2.24) is 0 Å². The number of aliphatic hydroxyl groups excluding tert-OH is 1. The first-order chi connectivity index (χ1) is 8.17. The summed E-state index contributed by atoms with van der Waals surface area (Å²) in [6.45, 7) is 0.951. The number of hydrogen-bond donors (Lipinski definition) is 3. The van der Waals surface area contributed by atoms with Crippen LogP contribution in [0.15, 0.2) is 18.2 Å². The molecule has 0 fully saturated rings. The Bertz CT molecular complexity index is 401. The third kappa shape index (κ3) is 4.31. The van der Waals surface area contributed by atoms with Crippen molar-refractivity contribution in [3.63, 3.8) is 0 Å². The molecular weight excluding hydrogens is 218 g/mol. The van der Waals surface area contributed by atoms with Crippen LogP contribution in [0.3, 0.4) is 0 Å². The molecule has 0 saturated carbocycles. The van der Waals surface area contributed by atoms with E-state index in [9.17, 15) is 5.11 Å². The number of nitrogens with two attached hydrogens (primary N) is 1. The Balaban J connectivity index is 2.43. The Kier molecular flexibility index (Phi) is 5.27. The maximum Gasteiger partial charge on any atom is 0.101 e. The van der Waals surface area contributed by atoms with Crippen LogP contribution in [-0.4, -0.2) is 31.5 Å². The van der Waals surface area contributed by atoms with Gasteiger partial charge in [-0.25, -0.2) is 0 Å². The van der Waals surface area contributed by atoms with Gasteiger partial charge >= 0.3 is 0 Å². The lowest BCUT2D eigenvalue weighted by molar-refractivity contribution is 0.0615. The molecule has 1 aromatic rings. The van der Waals surface area contributed by atoms with Gasteiger partial charge in [0, 0.05) is 19.3 Å². The molecule has 17 heavy (non-hydrogen) atoms. The first kappa shape index (κ1) is 13.3. The minimum absolute atomic E-state index is 0.331. The SMILES string of the molecule is COCC(O)CCNc1ccc(C#N)c(N)c1. The second-order valence-corrected chi connectivity index (χ2v) is 3.74. The van der Waals surface area contributed by atoms with Gasteiger partial charge in [-0.05, 0) is 24.6 Å². The number of ether oxygens (including phenoxy) is 1. The molecule has 0 bridgehead atoms. The smallest absolute Gasteiger partial charge is 0.101 e. The largest absolute Gasteiger partial charge is 0.398 e. The molecule has 0 saturated heterocycles. The number of benzene rings is 1. The third-order valence-corrected chi connectivity index (χ3v) is 2.34. The number of methoxy groups -OCH3 is 1. The molecule has 1 unspecified atom stereocenters. The maximum atomic E-state index is 9.43. The average Bonchev–Trinajstić information content (AvgIpc) is 2.29. The van der Waals surface area contributed by atoms with Crippen LogP contribution in [0.4, 0.5) is 11.4 Å². The molecule has 4 N–H and O–H groups in total. The van der Waals surface area contributed by atoms with Crippen molar-refractivity contribution < 1.29 is 9.84 Å². The predicted octanol–water partition coefficient (Wildman–Crippen LogP) is 0.950. The Hall–Kier alpha value is -1.77. The second-order valence-electron chi connectivity index (χ2n) is 3.74. The molecule has 0 aliphatic heterocycles. The van der Waals surface area contributed by atoms with Crippen LogP contribution >= 0.6 is 0 Å². The second kappa shape index (κ2) is 6.74. The third-order valence-electron chi connectivity index (χ3n) is 2.34. The normalized spacial score (nSPS) is 11.8. The standard InChI is InChI=1S/C12H17N3O2/c1-17-8-11(16)4-5-15-10-3-2-9(7-13)12(14)6-10/h2-3,6,11,15-16H,4-5,8,14H2,1H3. The van der Waals surface area contributed by atoms with Gasteiger partial charge in [-0.2, -0.15) is 5.26 Å². The quantitative estimate of drug-likeness (QED) is 0.638. The Labute approximate surface area is 101 Å². The fourth-order valence-electron chi connectivity index (χ4n) is 1.43. The van der Waals surface area contributed by atoms with E-state index in [1.54, 1.807) is 25.3 Å². The van der Waals surface area contributed by atoms with Gasteiger partial charge in [0.05, 0.1) is 24.0 Å². The molecule has 0 heterocycles. The van der Waals surface area contributed by atoms with Crippen molar-refractivity contribution in [2.24, 2.45) is 0 Å². The van der Waals surface area contributed by atoms with Crippen LogP contribution in [-0.2, 0) is 4.74 Å². The predicted molar refractivity (Wildman–Crippen MR) is 66.6 cm³/mol. The monoisotopic (exact) mass is 235 g/mol. The minimum atomic E-state index is -0.469. The van der Waals surface area contributed by atoms with Crippen LogP contribution in [0.2, 0.25) is 0 Å². The summed E-state index contributed by atoms with van der Waals surface area (Å²) >= 11 is 0. The number of nitrogens with zero attached hydrogens (tertiary/aromatic N) is 1. The van der Waals surface area contributed by atoms with Crippen molar-refractivity contribution >= 4 is 11.4 Å². The van der Waals surface area contributed by atoms with Gasteiger partial charge in [0.25, 0.3) is 0 Å². The van der Waals surface area contributed by atoms with Gasteiger partial charge in [-0.3, -0.25) is 0 Å². The minimum Gasteiger partial charge on any atom is -0.398 e. The van der Waals surface area contributed by atoms with Crippen molar-refractivity contribution in [3.8, 4) is 6.07 Å². The Morgan fingerprint density at radius 3 is 2.94 bits per heavy atom. The van der Waals surface area contributed by atoms with Gasteiger partial charge in [-0.15, -0.1) is 0 Å². The van der Waals surface area contributed by atoms with Crippen LogP contribution < -0.4 is 11.1 Å². The number of aliphatic hydroxyl groups is 1. The number of anilines is 2. The van der Waals surface area contributed by atoms with E-state index >= 15 is 0 Å². The van der Waals surface area contributed by atoms with E-state index in [2.05, 4.69) is 5.32 Å². The summed E-state index contributed by atoms with van der Waals surface area (Å²) in [5.74, 6) is 0. The van der Waals surface area contributed by atoms with Crippen molar-refractivity contribution in [2.75, 3.05) is 31.3 Å². The molecule has 5 heteroatoms. The molecule has 0 spiro atoms. The van der Waals surface area contributed by atoms with E-state index in [0.29, 0.717) is 30.8 Å². The van der Waals surface area contributed by atoms with Gasteiger partial charge < -0.3 is 20.9 Å². The molecule has 92 valence electrons. The van der Waals surface area contributed by atoms with Crippen LogP contribution in [0, 0.1) is 11.3 Å². The number of nitrogen functional groups attached to an aromatic ring is 1. The highest BCUT2D eigenvalue weighted by Crippen LogP contribution is 2.17. The fourth-order valence-corrected chi connectivity index (χ4v) is 1.43. The summed E-state index contributed by atoms with van der Waals surface area (Å²) < 4.78 is 4.82. The molecule has 1 rings (SSSR count). The number of nitriles is 1. The lowest BCUT2D eigenvalue weighted by atomic mass is 10.2. The lowest BCUT2D eigenvalue weighted by Crippen LogP contribution is -2.18. The lowest BCUT2D eigenvalue weighted by Gasteiger charge is -2.11. The van der Waals surface area contributed by atoms with Crippen molar-refractivity contribution in [1.29, 1.82) is 5.26 Å². The zero-order chi connectivity index (χ0) is 12.7. The van der Waals surface area contributed by atoms with E-state index in [-0.39, 0.29) is 0 Å². The van der Waals surface area contributed by atoms with Crippen molar-refractivity contribution in [3.05, 3.63) is 23.8 Å². The summed E-state index contributed by atoms with van der Waals surface area (Å²) in [4.78, 5) is 0.